The van der Waals surface area contributed by atoms with Crippen LogP contribution in [0, 0.1) is 20.8 Å². The summed E-state index contributed by atoms with van der Waals surface area (Å²) >= 11 is 6.16. The van der Waals surface area contributed by atoms with Crippen molar-refractivity contribution in [1.29, 1.82) is 0 Å². The number of rotatable bonds is 13. The molecule has 0 radical (unpaired) electrons. The predicted molar refractivity (Wildman–Crippen MR) is 185 cm³/mol. The molecule has 242 valence electrons. The van der Waals surface area contributed by atoms with Crippen molar-refractivity contribution in [1.82, 2.24) is 10.2 Å². The highest BCUT2D eigenvalue weighted by molar-refractivity contribution is 7.92. The molecule has 4 rings (SSSR count). The lowest BCUT2D eigenvalue weighted by molar-refractivity contribution is -0.140. The van der Waals surface area contributed by atoms with Gasteiger partial charge in [-0.15, -0.1) is 0 Å². The molecule has 0 aliphatic carbocycles. The van der Waals surface area contributed by atoms with E-state index in [2.05, 4.69) is 5.32 Å². The number of hydrogen-bond acceptors (Lipinski definition) is 4. The maximum absolute atomic E-state index is 14.6. The van der Waals surface area contributed by atoms with Crippen LogP contribution in [0.15, 0.2) is 102 Å². The van der Waals surface area contributed by atoms with E-state index >= 15 is 0 Å². The summed E-state index contributed by atoms with van der Waals surface area (Å²) in [6, 6.07) is 27.4. The summed E-state index contributed by atoms with van der Waals surface area (Å²) in [4.78, 5) is 30.1. The Morgan fingerprint density at radius 1 is 0.826 bits per heavy atom. The maximum Gasteiger partial charge on any atom is 0.264 e. The molecule has 0 aliphatic rings. The van der Waals surface area contributed by atoms with E-state index in [0.717, 1.165) is 32.1 Å². The van der Waals surface area contributed by atoms with Crippen LogP contribution in [-0.2, 0) is 32.6 Å². The minimum atomic E-state index is -4.17. The van der Waals surface area contributed by atoms with Gasteiger partial charge in [-0.1, -0.05) is 84.8 Å². The van der Waals surface area contributed by atoms with E-state index in [1.807, 2.05) is 71.0 Å². The number of aryl methyl sites for hydroxylation is 3. The number of benzene rings is 4. The van der Waals surface area contributed by atoms with Crippen molar-refractivity contribution in [2.45, 2.75) is 71.0 Å². The van der Waals surface area contributed by atoms with Crippen LogP contribution in [0.4, 0.5) is 5.69 Å². The fraction of sp³-hybridized carbons (Fsp3) is 0.297. The van der Waals surface area contributed by atoms with Crippen molar-refractivity contribution in [2.75, 3.05) is 10.8 Å². The summed E-state index contributed by atoms with van der Waals surface area (Å²) in [5, 5.41) is 3.60. The Kier molecular flexibility index (Phi) is 11.7. The van der Waals surface area contributed by atoms with Crippen molar-refractivity contribution in [3.63, 3.8) is 0 Å². The first-order valence-corrected chi connectivity index (χ1v) is 17.3. The molecule has 0 aliphatic heterocycles. The van der Waals surface area contributed by atoms with Crippen LogP contribution in [-0.4, -0.2) is 43.8 Å². The highest BCUT2D eigenvalue weighted by atomic mass is 35.5. The molecule has 2 amide bonds. The Labute approximate surface area is 278 Å². The molecule has 0 bridgehead atoms. The highest BCUT2D eigenvalue weighted by Crippen LogP contribution is 2.27. The third-order valence-electron chi connectivity index (χ3n) is 8.20. The van der Waals surface area contributed by atoms with Gasteiger partial charge < -0.3 is 10.2 Å². The molecule has 0 fully saturated rings. The van der Waals surface area contributed by atoms with E-state index in [1.54, 1.807) is 60.7 Å². The molecule has 0 spiro atoms. The van der Waals surface area contributed by atoms with Crippen LogP contribution in [0.5, 0.6) is 0 Å². The van der Waals surface area contributed by atoms with Crippen LogP contribution < -0.4 is 9.62 Å². The molecular formula is C37H42ClN3O4S. The third kappa shape index (κ3) is 8.77. The second-order valence-electron chi connectivity index (χ2n) is 11.8. The number of hydrogen-bond donors (Lipinski definition) is 1. The van der Waals surface area contributed by atoms with Gasteiger partial charge in [-0.2, -0.15) is 0 Å². The first-order chi connectivity index (χ1) is 21.9. The molecule has 2 atom stereocenters. The van der Waals surface area contributed by atoms with Gasteiger partial charge in [-0.3, -0.25) is 13.9 Å². The first-order valence-electron chi connectivity index (χ1n) is 15.4. The number of nitrogens with zero attached hydrogens (tertiary/aromatic N) is 2. The fourth-order valence-corrected chi connectivity index (χ4v) is 6.56. The van der Waals surface area contributed by atoms with Crippen molar-refractivity contribution < 1.29 is 18.0 Å². The van der Waals surface area contributed by atoms with Gasteiger partial charge in [0.25, 0.3) is 10.0 Å². The quantitative estimate of drug-likeness (QED) is 0.167. The summed E-state index contributed by atoms with van der Waals surface area (Å²) < 4.78 is 29.6. The lowest BCUT2D eigenvalue weighted by Gasteiger charge is -2.34. The fourth-order valence-electron chi connectivity index (χ4n) is 5.03. The number of carbonyl (C=O) groups is 2. The molecule has 0 saturated heterocycles. The number of amides is 2. The van der Waals surface area contributed by atoms with Gasteiger partial charge in [-0.25, -0.2) is 8.42 Å². The monoisotopic (exact) mass is 659 g/mol. The van der Waals surface area contributed by atoms with Gasteiger partial charge in [-0.05, 0) is 92.8 Å². The Balaban J connectivity index is 1.82. The Morgan fingerprint density at radius 2 is 1.48 bits per heavy atom. The standard InChI is InChI=1S/C37H42ClN3O4S/c1-6-29(5)39-37(43)35(23-30-10-8-7-9-11-30)40(24-31-15-17-32(38)18-16-31)36(42)25-41(33-19-14-27(3)28(4)22-33)46(44,45)34-20-12-26(2)13-21-34/h7-22,29,35H,6,23-25H2,1-5H3,(H,39,43)/t29-,35+/m0/s1. The van der Waals surface area contributed by atoms with Crippen LogP contribution in [0.25, 0.3) is 0 Å². The maximum atomic E-state index is 14.6. The van der Waals surface area contributed by atoms with Gasteiger partial charge in [0.15, 0.2) is 0 Å². The molecule has 9 heteroatoms. The van der Waals surface area contributed by atoms with Crippen molar-refractivity contribution in [3.05, 3.63) is 130 Å². The van der Waals surface area contributed by atoms with E-state index in [1.165, 1.54) is 4.90 Å². The second kappa shape index (κ2) is 15.4. The lowest BCUT2D eigenvalue weighted by atomic mass is 10.0. The Hall–Kier alpha value is -4.14. The minimum absolute atomic E-state index is 0.0729. The lowest BCUT2D eigenvalue weighted by Crippen LogP contribution is -2.54. The molecule has 4 aromatic rings. The number of anilines is 1. The molecule has 0 unspecified atom stereocenters. The van der Waals surface area contributed by atoms with E-state index in [0.29, 0.717) is 17.1 Å². The van der Waals surface area contributed by atoms with Crippen LogP contribution in [0.2, 0.25) is 5.02 Å². The first kappa shape index (κ1) is 34.7. The molecule has 0 saturated carbocycles. The number of halogens is 1. The van der Waals surface area contributed by atoms with Gasteiger partial charge >= 0.3 is 0 Å². The van der Waals surface area contributed by atoms with E-state index in [9.17, 15) is 18.0 Å². The van der Waals surface area contributed by atoms with Gasteiger partial charge in [0.1, 0.15) is 12.6 Å². The molecular weight excluding hydrogens is 618 g/mol. The van der Waals surface area contributed by atoms with Crippen LogP contribution >= 0.6 is 11.6 Å². The van der Waals surface area contributed by atoms with Crippen molar-refractivity contribution >= 4 is 39.1 Å². The highest BCUT2D eigenvalue weighted by Gasteiger charge is 2.35. The third-order valence-corrected chi connectivity index (χ3v) is 10.2. The number of sulfonamides is 1. The SMILES string of the molecule is CC[C@H](C)NC(=O)[C@@H](Cc1ccccc1)N(Cc1ccc(Cl)cc1)C(=O)CN(c1ccc(C)c(C)c1)S(=O)(=O)c1ccc(C)cc1. The molecule has 4 aromatic carbocycles. The average Bonchev–Trinajstić information content (AvgIpc) is 3.04. The summed E-state index contributed by atoms with van der Waals surface area (Å²) in [6.45, 7) is 9.19. The zero-order chi connectivity index (χ0) is 33.4. The predicted octanol–water partition coefficient (Wildman–Crippen LogP) is 7.02. The van der Waals surface area contributed by atoms with E-state index in [-0.39, 0.29) is 29.8 Å². The molecule has 7 nitrogen and oxygen atoms in total. The summed E-state index contributed by atoms with van der Waals surface area (Å²) in [5.74, 6) is -0.816. The molecule has 0 heterocycles. The average molecular weight is 660 g/mol. The molecule has 1 N–H and O–H groups in total. The zero-order valence-electron chi connectivity index (χ0n) is 27.0. The smallest absolute Gasteiger partial charge is 0.264 e. The van der Waals surface area contributed by atoms with Crippen molar-refractivity contribution in [2.24, 2.45) is 0 Å². The topological polar surface area (TPSA) is 86.8 Å². The molecule has 0 aromatic heterocycles. The Morgan fingerprint density at radius 3 is 2.09 bits per heavy atom. The zero-order valence-corrected chi connectivity index (χ0v) is 28.6. The number of nitrogens with one attached hydrogen (secondary N) is 1. The van der Waals surface area contributed by atoms with Crippen LogP contribution in [0.1, 0.15) is 48.1 Å². The van der Waals surface area contributed by atoms with Crippen LogP contribution in [0.3, 0.4) is 0 Å². The second-order valence-corrected chi connectivity index (χ2v) is 14.1. The van der Waals surface area contributed by atoms with Crippen molar-refractivity contribution in [3.8, 4) is 0 Å². The van der Waals surface area contributed by atoms with Gasteiger partial charge in [0, 0.05) is 24.0 Å². The van der Waals surface area contributed by atoms with E-state index < -0.39 is 28.5 Å². The normalized spacial score (nSPS) is 12.7. The number of carbonyl (C=O) groups excluding carboxylic acids is 2. The van der Waals surface area contributed by atoms with Gasteiger partial charge in [0.2, 0.25) is 11.8 Å². The summed E-state index contributed by atoms with van der Waals surface area (Å²) in [5.41, 5.74) is 4.80. The Bertz CT molecular complexity index is 1740. The summed E-state index contributed by atoms with van der Waals surface area (Å²) in [6.07, 6.45) is 0.959. The van der Waals surface area contributed by atoms with E-state index in [4.69, 9.17) is 11.6 Å². The minimum Gasteiger partial charge on any atom is -0.352 e. The molecule has 46 heavy (non-hydrogen) atoms. The summed E-state index contributed by atoms with van der Waals surface area (Å²) in [7, 11) is -4.17. The largest absolute Gasteiger partial charge is 0.352 e. The van der Waals surface area contributed by atoms with Gasteiger partial charge in [0.05, 0.1) is 10.6 Å².